The van der Waals surface area contributed by atoms with E-state index >= 15 is 0 Å². The molecule has 8 nitrogen and oxygen atoms in total. The summed E-state index contributed by atoms with van der Waals surface area (Å²) < 4.78 is 20.3. The Hall–Kier alpha value is -4.21. The van der Waals surface area contributed by atoms with Crippen LogP contribution in [0.15, 0.2) is 72.8 Å². The molecule has 3 aromatic carbocycles. The van der Waals surface area contributed by atoms with E-state index in [9.17, 15) is 19.1 Å². The lowest BCUT2D eigenvalue weighted by Crippen LogP contribution is -2.50. The van der Waals surface area contributed by atoms with Crippen LogP contribution in [0.4, 0.5) is 10.1 Å². The maximum absolute atomic E-state index is 14.6. The first-order valence-corrected chi connectivity index (χ1v) is 15.9. The van der Waals surface area contributed by atoms with Gasteiger partial charge in [-0.3, -0.25) is 9.59 Å². The van der Waals surface area contributed by atoms with Crippen LogP contribution in [0.3, 0.4) is 0 Å². The van der Waals surface area contributed by atoms with Gasteiger partial charge in [-0.2, -0.15) is 0 Å². The van der Waals surface area contributed by atoms with Crippen molar-refractivity contribution in [1.82, 2.24) is 15.5 Å². The van der Waals surface area contributed by atoms with Gasteiger partial charge < -0.3 is 30.7 Å². The van der Waals surface area contributed by atoms with Crippen LogP contribution in [0.5, 0.6) is 5.75 Å². The number of carbonyl (C=O) groups excluding carboxylic acids is 2. The van der Waals surface area contributed by atoms with Gasteiger partial charge in [-0.1, -0.05) is 57.2 Å². The van der Waals surface area contributed by atoms with Crippen molar-refractivity contribution >= 4 is 17.5 Å². The summed E-state index contributed by atoms with van der Waals surface area (Å²) in [5.41, 5.74) is 4.16. The molecule has 0 unspecified atom stereocenters. The highest BCUT2D eigenvalue weighted by Gasteiger charge is 2.44. The lowest BCUT2D eigenvalue weighted by Gasteiger charge is -2.28. The standard InChI is InChI=1S/C37H45FN4O4/c1-36(2,3)27-9-8-10-28(22-27)37(13-14-37)40-23-32(43)31-17-24-11-12-30(38)33(18-24)46-16-7-6-15-39-29-20-25(34(44)41-31)19-26(21-29)35(45)42(4)5/h6-12,18-22,31-32,39-40,43H,13-17,23H2,1-5H3,(H,41,44)/t31-,32+/m0/s1. The summed E-state index contributed by atoms with van der Waals surface area (Å²) in [7, 11) is 3.32. The number of nitrogens with zero attached hydrogens (tertiary/aromatic N) is 1. The van der Waals surface area contributed by atoms with Gasteiger partial charge in [-0.05, 0) is 77.8 Å². The Labute approximate surface area is 271 Å². The molecule has 0 aromatic heterocycles. The molecule has 9 heteroatoms. The van der Waals surface area contributed by atoms with E-state index in [2.05, 4.69) is 61.0 Å². The van der Waals surface area contributed by atoms with Gasteiger partial charge in [-0.15, -0.1) is 0 Å². The zero-order chi connectivity index (χ0) is 33.1. The number of aliphatic hydroxyl groups is 1. The van der Waals surface area contributed by atoms with Gasteiger partial charge in [0.2, 0.25) is 0 Å². The minimum absolute atomic E-state index is 0.0114. The van der Waals surface area contributed by atoms with Gasteiger partial charge >= 0.3 is 0 Å². The third kappa shape index (κ3) is 7.95. The largest absolute Gasteiger partial charge is 0.486 e. The van der Waals surface area contributed by atoms with Crippen LogP contribution < -0.4 is 20.7 Å². The molecule has 1 saturated carbocycles. The topological polar surface area (TPSA) is 103 Å². The molecule has 2 atom stereocenters. The summed E-state index contributed by atoms with van der Waals surface area (Å²) in [4.78, 5) is 28.1. The fourth-order valence-corrected chi connectivity index (χ4v) is 5.70. The van der Waals surface area contributed by atoms with Crippen molar-refractivity contribution in [2.45, 2.75) is 63.1 Å². The zero-order valence-corrected chi connectivity index (χ0v) is 27.3. The van der Waals surface area contributed by atoms with Gasteiger partial charge in [0.15, 0.2) is 11.6 Å². The lowest BCUT2D eigenvalue weighted by atomic mass is 9.85. The second-order valence-corrected chi connectivity index (χ2v) is 13.6. The Balaban J connectivity index is 1.43. The highest BCUT2D eigenvalue weighted by Crippen LogP contribution is 2.46. The normalized spacial score (nSPS) is 18.5. The third-order valence-electron chi connectivity index (χ3n) is 8.69. The Kier molecular flexibility index (Phi) is 9.84. The molecule has 46 heavy (non-hydrogen) atoms. The van der Waals surface area contributed by atoms with Crippen molar-refractivity contribution in [3.05, 3.63) is 106 Å². The smallest absolute Gasteiger partial charge is 0.253 e. The van der Waals surface area contributed by atoms with E-state index in [4.69, 9.17) is 4.74 Å². The van der Waals surface area contributed by atoms with Gasteiger partial charge in [-0.25, -0.2) is 4.39 Å². The summed E-state index contributed by atoms with van der Waals surface area (Å²) >= 11 is 0. The van der Waals surface area contributed by atoms with Crippen LogP contribution >= 0.6 is 0 Å². The Morgan fingerprint density at radius 3 is 2.61 bits per heavy atom. The van der Waals surface area contributed by atoms with Gasteiger partial charge in [0, 0.05) is 49.5 Å². The molecule has 1 heterocycles. The van der Waals surface area contributed by atoms with Crippen molar-refractivity contribution in [2.24, 2.45) is 0 Å². The number of amides is 2. The van der Waals surface area contributed by atoms with Crippen LogP contribution in [0, 0.1) is 5.82 Å². The van der Waals surface area contributed by atoms with Crippen LogP contribution in [0.1, 0.15) is 71.0 Å². The molecule has 0 spiro atoms. The molecule has 1 aliphatic heterocycles. The van der Waals surface area contributed by atoms with E-state index in [-0.39, 0.29) is 47.7 Å². The number of carbonyl (C=O) groups is 2. The molecule has 244 valence electrons. The first-order chi connectivity index (χ1) is 21.8. The minimum atomic E-state index is -0.979. The fraction of sp³-hybridized carbons (Fsp3) is 0.405. The molecule has 0 radical (unpaired) electrons. The van der Waals surface area contributed by atoms with Gasteiger partial charge in [0.1, 0.15) is 6.61 Å². The van der Waals surface area contributed by atoms with E-state index in [0.29, 0.717) is 23.4 Å². The van der Waals surface area contributed by atoms with E-state index < -0.39 is 23.9 Å². The van der Waals surface area contributed by atoms with Gasteiger partial charge in [0.05, 0.1) is 12.1 Å². The number of benzene rings is 3. The first kappa shape index (κ1) is 33.2. The molecule has 4 bridgehead atoms. The molecule has 1 aliphatic carbocycles. The maximum Gasteiger partial charge on any atom is 0.253 e. The summed E-state index contributed by atoms with van der Waals surface area (Å²) in [5.74, 6) is -1.05. The lowest BCUT2D eigenvalue weighted by molar-refractivity contribution is 0.0821. The molecule has 1 fully saturated rings. The van der Waals surface area contributed by atoms with Crippen molar-refractivity contribution in [3.8, 4) is 5.75 Å². The summed E-state index contributed by atoms with van der Waals surface area (Å²) in [6, 6.07) is 17.4. The van der Waals surface area contributed by atoms with Crippen LogP contribution in [-0.4, -0.2) is 67.8 Å². The number of ether oxygens (including phenoxy) is 1. The van der Waals surface area contributed by atoms with E-state index in [1.165, 1.54) is 22.1 Å². The van der Waals surface area contributed by atoms with E-state index in [1.54, 1.807) is 50.5 Å². The highest BCUT2D eigenvalue weighted by atomic mass is 19.1. The zero-order valence-electron chi connectivity index (χ0n) is 27.3. The predicted octanol–water partition coefficient (Wildman–Crippen LogP) is 5.17. The fourth-order valence-electron chi connectivity index (χ4n) is 5.70. The van der Waals surface area contributed by atoms with Crippen molar-refractivity contribution in [2.75, 3.05) is 39.1 Å². The predicted molar refractivity (Wildman–Crippen MR) is 179 cm³/mol. The minimum Gasteiger partial charge on any atom is -0.486 e. The third-order valence-corrected chi connectivity index (χ3v) is 8.69. The quantitative estimate of drug-likeness (QED) is 0.281. The molecule has 3 aromatic rings. The molecule has 4 N–H and O–H groups in total. The SMILES string of the molecule is CN(C)C(=O)c1cc2cc(c1)C(=O)N[C@H]([C@H](O)CNC1(c3cccc(C(C)(C)C)c3)CC1)Cc1ccc(F)c(c1)OCC=CCN2. The Morgan fingerprint density at radius 1 is 1.11 bits per heavy atom. The number of fused-ring (bicyclic) bond motifs is 4. The average molecular weight is 629 g/mol. The van der Waals surface area contributed by atoms with Gasteiger partial charge in [0.25, 0.3) is 11.8 Å². The van der Waals surface area contributed by atoms with Crippen molar-refractivity contribution in [3.63, 3.8) is 0 Å². The molecule has 0 saturated heterocycles. The number of hydrogen-bond acceptors (Lipinski definition) is 6. The summed E-state index contributed by atoms with van der Waals surface area (Å²) in [5, 5.41) is 21.5. The highest BCUT2D eigenvalue weighted by molar-refractivity contribution is 6.01. The number of hydrogen-bond donors (Lipinski definition) is 4. The second kappa shape index (κ2) is 13.6. The van der Waals surface area contributed by atoms with Crippen molar-refractivity contribution < 1.29 is 23.8 Å². The van der Waals surface area contributed by atoms with Crippen molar-refractivity contribution in [1.29, 1.82) is 0 Å². The van der Waals surface area contributed by atoms with Crippen LogP contribution in [0.25, 0.3) is 0 Å². The summed E-state index contributed by atoms with van der Waals surface area (Å²) in [6.45, 7) is 7.37. The molecular formula is C37H45FN4O4. The molecule has 2 aliphatic rings. The van der Waals surface area contributed by atoms with Crippen LogP contribution in [-0.2, 0) is 17.4 Å². The monoisotopic (exact) mass is 628 g/mol. The second-order valence-electron chi connectivity index (χ2n) is 13.6. The molecular weight excluding hydrogens is 583 g/mol. The maximum atomic E-state index is 14.6. The number of aliphatic hydroxyl groups excluding tert-OH is 1. The molecule has 5 rings (SSSR count). The number of halogens is 1. The number of anilines is 1. The van der Waals surface area contributed by atoms with Crippen LogP contribution in [0.2, 0.25) is 0 Å². The Morgan fingerprint density at radius 2 is 1.89 bits per heavy atom. The first-order valence-electron chi connectivity index (χ1n) is 15.9. The summed E-state index contributed by atoms with van der Waals surface area (Å²) in [6.07, 6.45) is 4.75. The molecule has 2 amide bonds. The van der Waals surface area contributed by atoms with E-state index in [0.717, 1.165) is 12.8 Å². The number of nitrogens with one attached hydrogen (secondary N) is 3. The van der Waals surface area contributed by atoms with E-state index in [1.807, 2.05) is 6.08 Å². The number of rotatable bonds is 6. The Bertz CT molecular complexity index is 1610. The average Bonchev–Trinajstić information content (AvgIpc) is 3.82.